The van der Waals surface area contributed by atoms with Crippen LogP contribution in [-0.2, 0) is 11.2 Å². The van der Waals surface area contributed by atoms with Crippen molar-refractivity contribution in [3.05, 3.63) is 73.8 Å². The van der Waals surface area contributed by atoms with Crippen molar-refractivity contribution in [1.82, 2.24) is 5.32 Å². The van der Waals surface area contributed by atoms with E-state index < -0.39 is 22.8 Å². The fourth-order valence-corrected chi connectivity index (χ4v) is 2.70. The summed E-state index contributed by atoms with van der Waals surface area (Å²) in [5.41, 5.74) is 0.395. The van der Waals surface area contributed by atoms with Gasteiger partial charge in [-0.05, 0) is 17.7 Å². The Morgan fingerprint density at radius 3 is 2.16 bits per heavy atom. The van der Waals surface area contributed by atoms with Crippen LogP contribution < -0.4 is 5.32 Å². The van der Waals surface area contributed by atoms with Crippen LogP contribution in [0.5, 0.6) is 0 Å². The van der Waals surface area contributed by atoms with Crippen LogP contribution in [0, 0.1) is 10.1 Å². The topological polar surface area (TPSA) is 110 Å². The van der Waals surface area contributed by atoms with Crippen LogP contribution in [0.4, 0.5) is 5.69 Å². The summed E-state index contributed by atoms with van der Waals surface area (Å²) in [6.45, 7) is 0. The van der Waals surface area contributed by atoms with Gasteiger partial charge in [0.05, 0.1) is 20.5 Å². The molecular weight excluding hydrogens is 371 g/mol. The fraction of sp³-hybridized carbons (Fsp3) is 0.125. The predicted octanol–water partition coefficient (Wildman–Crippen LogP) is 3.33. The first-order valence-electron chi connectivity index (χ1n) is 7.00. The minimum absolute atomic E-state index is 0.0132. The number of hydrogen-bond donors (Lipinski definition) is 2. The summed E-state index contributed by atoms with van der Waals surface area (Å²) in [6, 6.07) is 8.64. The van der Waals surface area contributed by atoms with E-state index in [4.69, 9.17) is 23.2 Å². The monoisotopic (exact) mass is 382 g/mol. The first kappa shape index (κ1) is 18.7. The molecule has 7 nitrogen and oxygen atoms in total. The van der Waals surface area contributed by atoms with E-state index in [0.717, 1.165) is 0 Å². The van der Waals surface area contributed by atoms with E-state index >= 15 is 0 Å². The Morgan fingerprint density at radius 1 is 1.12 bits per heavy atom. The molecule has 0 saturated carbocycles. The van der Waals surface area contributed by atoms with Gasteiger partial charge in [0.25, 0.3) is 11.6 Å². The van der Waals surface area contributed by atoms with Crippen LogP contribution in [-0.4, -0.2) is 27.9 Å². The van der Waals surface area contributed by atoms with Crippen molar-refractivity contribution < 1.29 is 19.6 Å². The van der Waals surface area contributed by atoms with Gasteiger partial charge >= 0.3 is 5.97 Å². The molecule has 0 bridgehead atoms. The highest BCUT2D eigenvalue weighted by Gasteiger charge is 2.24. The number of rotatable bonds is 6. The van der Waals surface area contributed by atoms with E-state index in [0.29, 0.717) is 5.56 Å². The molecule has 9 heteroatoms. The third kappa shape index (κ3) is 4.68. The Bertz CT molecular complexity index is 804. The number of nitro benzene ring substituents is 1. The summed E-state index contributed by atoms with van der Waals surface area (Å²) in [6.07, 6.45) is -0.0544. The largest absolute Gasteiger partial charge is 0.480 e. The van der Waals surface area contributed by atoms with E-state index in [1.807, 2.05) is 0 Å². The molecule has 1 atom stereocenters. The number of hydrogen-bond acceptors (Lipinski definition) is 4. The molecule has 2 N–H and O–H groups in total. The smallest absolute Gasteiger partial charge is 0.326 e. The molecule has 0 fully saturated rings. The molecule has 1 unspecified atom stereocenters. The number of nitrogens with one attached hydrogen (secondary N) is 1. The standard InChI is InChI=1S/C16H12Cl2N2O5/c17-11-2-1-3-12(18)14(11)15(21)19-13(16(22)23)8-9-4-6-10(7-5-9)20(24)25/h1-7,13H,8H2,(H,19,21)(H,22,23). The molecule has 0 aromatic heterocycles. The lowest BCUT2D eigenvalue weighted by Gasteiger charge is -2.16. The molecule has 0 aliphatic heterocycles. The average molecular weight is 383 g/mol. The quantitative estimate of drug-likeness (QED) is 0.587. The molecular formula is C16H12Cl2N2O5. The van der Waals surface area contributed by atoms with Crippen LogP contribution in [0.3, 0.4) is 0 Å². The van der Waals surface area contributed by atoms with Gasteiger partial charge in [-0.2, -0.15) is 0 Å². The van der Waals surface area contributed by atoms with Crippen LogP contribution >= 0.6 is 23.2 Å². The second-order valence-corrected chi connectivity index (χ2v) is 5.90. The third-order valence-electron chi connectivity index (χ3n) is 3.38. The molecule has 1 amide bonds. The number of aliphatic carboxylic acids is 1. The molecule has 0 heterocycles. The summed E-state index contributed by atoms with van der Waals surface area (Å²) in [7, 11) is 0. The minimum atomic E-state index is -1.25. The van der Waals surface area contributed by atoms with Crippen molar-refractivity contribution in [1.29, 1.82) is 0 Å². The lowest BCUT2D eigenvalue weighted by molar-refractivity contribution is -0.384. The number of carbonyl (C=O) groups excluding carboxylic acids is 1. The minimum Gasteiger partial charge on any atom is -0.480 e. The molecule has 2 rings (SSSR count). The van der Waals surface area contributed by atoms with E-state index in [-0.39, 0.29) is 27.7 Å². The first-order chi connectivity index (χ1) is 11.8. The highest BCUT2D eigenvalue weighted by Crippen LogP contribution is 2.24. The van der Waals surface area contributed by atoms with Gasteiger partial charge in [0, 0.05) is 18.6 Å². The van der Waals surface area contributed by atoms with Crippen LogP contribution in [0.15, 0.2) is 42.5 Å². The highest BCUT2D eigenvalue weighted by atomic mass is 35.5. The van der Waals surface area contributed by atoms with Gasteiger partial charge in [-0.3, -0.25) is 14.9 Å². The maximum absolute atomic E-state index is 12.3. The summed E-state index contributed by atoms with van der Waals surface area (Å²) in [5.74, 6) is -1.97. The number of halogens is 2. The average Bonchev–Trinajstić information content (AvgIpc) is 2.54. The van der Waals surface area contributed by atoms with E-state index in [1.165, 1.54) is 36.4 Å². The predicted molar refractivity (Wildman–Crippen MR) is 92.2 cm³/mol. The van der Waals surface area contributed by atoms with Gasteiger partial charge in [0.2, 0.25) is 0 Å². The van der Waals surface area contributed by atoms with Gasteiger partial charge in [-0.15, -0.1) is 0 Å². The van der Waals surface area contributed by atoms with Crippen molar-refractivity contribution in [2.75, 3.05) is 0 Å². The molecule has 130 valence electrons. The Morgan fingerprint density at radius 2 is 1.68 bits per heavy atom. The lowest BCUT2D eigenvalue weighted by atomic mass is 10.0. The first-order valence-corrected chi connectivity index (χ1v) is 7.76. The maximum atomic E-state index is 12.3. The number of carboxylic acids is 1. The number of benzene rings is 2. The number of non-ortho nitro benzene ring substituents is 1. The van der Waals surface area contributed by atoms with Crippen LogP contribution in [0.2, 0.25) is 10.0 Å². The lowest BCUT2D eigenvalue weighted by Crippen LogP contribution is -2.42. The Labute approximate surface area is 152 Å². The molecule has 0 radical (unpaired) electrons. The molecule has 0 aliphatic carbocycles. The molecule has 0 saturated heterocycles. The maximum Gasteiger partial charge on any atom is 0.326 e. The SMILES string of the molecule is O=C(NC(Cc1ccc([N+](=O)[O-])cc1)C(=O)O)c1c(Cl)cccc1Cl. The Kier molecular flexibility index (Phi) is 5.95. The third-order valence-corrected chi connectivity index (χ3v) is 4.01. The zero-order valence-electron chi connectivity index (χ0n) is 12.6. The zero-order chi connectivity index (χ0) is 18.6. The number of nitro groups is 1. The number of carboxylic acid groups (broad SMARTS) is 1. The molecule has 2 aromatic carbocycles. The molecule has 2 aromatic rings. The van der Waals surface area contributed by atoms with Crippen molar-refractivity contribution in [3.63, 3.8) is 0 Å². The number of amides is 1. The second kappa shape index (κ2) is 7.96. The van der Waals surface area contributed by atoms with Crippen molar-refractivity contribution in [2.45, 2.75) is 12.5 Å². The van der Waals surface area contributed by atoms with E-state index in [9.17, 15) is 24.8 Å². The van der Waals surface area contributed by atoms with Gasteiger partial charge in [0.1, 0.15) is 6.04 Å². The van der Waals surface area contributed by atoms with Crippen LogP contribution in [0.25, 0.3) is 0 Å². The van der Waals surface area contributed by atoms with Gasteiger partial charge in [0.15, 0.2) is 0 Å². The van der Waals surface area contributed by atoms with Crippen molar-refractivity contribution >= 4 is 40.8 Å². The Hall–Kier alpha value is -2.64. The van der Waals surface area contributed by atoms with E-state index in [2.05, 4.69) is 5.32 Å². The fourth-order valence-electron chi connectivity index (χ4n) is 2.13. The van der Waals surface area contributed by atoms with E-state index in [1.54, 1.807) is 6.07 Å². The summed E-state index contributed by atoms with van der Waals surface area (Å²) in [5, 5.41) is 22.5. The summed E-state index contributed by atoms with van der Waals surface area (Å²) >= 11 is 11.9. The highest BCUT2D eigenvalue weighted by molar-refractivity contribution is 6.39. The van der Waals surface area contributed by atoms with Gasteiger partial charge in [-0.1, -0.05) is 41.4 Å². The summed E-state index contributed by atoms with van der Waals surface area (Å²) < 4.78 is 0. The number of carbonyl (C=O) groups is 2. The molecule has 0 spiro atoms. The van der Waals surface area contributed by atoms with Gasteiger partial charge < -0.3 is 10.4 Å². The molecule has 25 heavy (non-hydrogen) atoms. The van der Waals surface area contributed by atoms with Crippen molar-refractivity contribution in [2.24, 2.45) is 0 Å². The second-order valence-electron chi connectivity index (χ2n) is 5.09. The Balaban J connectivity index is 2.17. The number of nitrogens with zero attached hydrogens (tertiary/aromatic N) is 1. The van der Waals surface area contributed by atoms with Gasteiger partial charge in [-0.25, -0.2) is 4.79 Å². The normalized spacial score (nSPS) is 11.6. The zero-order valence-corrected chi connectivity index (χ0v) is 14.1. The summed E-state index contributed by atoms with van der Waals surface area (Å²) in [4.78, 5) is 33.8. The van der Waals surface area contributed by atoms with Crippen molar-refractivity contribution in [3.8, 4) is 0 Å². The molecule has 0 aliphatic rings. The van der Waals surface area contributed by atoms with Crippen LogP contribution in [0.1, 0.15) is 15.9 Å².